The van der Waals surface area contributed by atoms with Crippen LogP contribution < -0.4 is 0 Å². The standard InChI is InChI=1S/C15H11N3O/c1-2-5-12-11(4-1)10-18-8-7-16-15(18)14(17-12)13-6-3-9-19-13/h1-9H,10H2. The molecule has 0 unspecified atom stereocenters. The molecule has 92 valence electrons. The molecule has 1 aromatic carbocycles. The van der Waals surface area contributed by atoms with Crippen molar-refractivity contribution < 1.29 is 4.42 Å². The van der Waals surface area contributed by atoms with Crippen LogP contribution in [0.5, 0.6) is 0 Å². The van der Waals surface area contributed by atoms with E-state index < -0.39 is 0 Å². The zero-order valence-electron chi connectivity index (χ0n) is 10.2. The maximum Gasteiger partial charge on any atom is 0.162 e. The number of imidazole rings is 1. The lowest BCUT2D eigenvalue weighted by Gasteiger charge is -2.04. The molecule has 0 N–H and O–H groups in total. The number of furan rings is 1. The molecule has 2 aromatic heterocycles. The number of benzene rings is 1. The molecular formula is C15H11N3O. The van der Waals surface area contributed by atoms with Crippen LogP contribution in [0.25, 0.3) is 0 Å². The average Bonchev–Trinajstić information content (AvgIpc) is 3.08. The lowest BCUT2D eigenvalue weighted by molar-refractivity contribution is 0.557. The van der Waals surface area contributed by atoms with Crippen LogP contribution in [0.15, 0.2) is 64.5 Å². The van der Waals surface area contributed by atoms with Gasteiger partial charge in [0, 0.05) is 12.4 Å². The Hall–Kier alpha value is -2.62. The minimum Gasteiger partial charge on any atom is -0.463 e. The van der Waals surface area contributed by atoms with Gasteiger partial charge >= 0.3 is 0 Å². The highest BCUT2D eigenvalue weighted by atomic mass is 16.3. The first kappa shape index (κ1) is 10.3. The summed E-state index contributed by atoms with van der Waals surface area (Å²) in [4.78, 5) is 9.14. The second-order valence-electron chi connectivity index (χ2n) is 4.45. The number of fused-ring (bicyclic) bond motifs is 2. The van der Waals surface area contributed by atoms with Gasteiger partial charge in [0.25, 0.3) is 0 Å². The van der Waals surface area contributed by atoms with Crippen LogP contribution in [0.4, 0.5) is 5.69 Å². The van der Waals surface area contributed by atoms with Crippen molar-refractivity contribution in [1.29, 1.82) is 0 Å². The highest BCUT2D eigenvalue weighted by Crippen LogP contribution is 2.26. The Morgan fingerprint density at radius 1 is 1.11 bits per heavy atom. The van der Waals surface area contributed by atoms with Gasteiger partial charge in [0.2, 0.25) is 0 Å². The molecule has 0 atom stereocenters. The third-order valence-electron chi connectivity index (χ3n) is 3.25. The number of hydrogen-bond donors (Lipinski definition) is 0. The van der Waals surface area contributed by atoms with Crippen LogP contribution in [-0.2, 0) is 6.54 Å². The van der Waals surface area contributed by atoms with Crippen molar-refractivity contribution >= 4 is 11.4 Å². The smallest absolute Gasteiger partial charge is 0.162 e. The molecule has 0 amide bonds. The molecule has 0 fully saturated rings. The van der Waals surface area contributed by atoms with Gasteiger partial charge in [0.15, 0.2) is 11.6 Å². The van der Waals surface area contributed by atoms with Gasteiger partial charge in [-0.2, -0.15) is 0 Å². The molecule has 4 rings (SSSR count). The zero-order valence-corrected chi connectivity index (χ0v) is 10.2. The number of aromatic nitrogens is 2. The molecule has 0 bridgehead atoms. The van der Waals surface area contributed by atoms with Gasteiger partial charge in [-0.15, -0.1) is 0 Å². The van der Waals surface area contributed by atoms with E-state index in [0.29, 0.717) is 0 Å². The lowest BCUT2D eigenvalue weighted by atomic mass is 10.2. The van der Waals surface area contributed by atoms with Crippen molar-refractivity contribution in [3.63, 3.8) is 0 Å². The normalized spacial score (nSPS) is 13.4. The van der Waals surface area contributed by atoms with Crippen molar-refractivity contribution in [3.05, 3.63) is 72.2 Å². The Morgan fingerprint density at radius 2 is 2.05 bits per heavy atom. The first-order valence-electron chi connectivity index (χ1n) is 6.14. The van der Waals surface area contributed by atoms with E-state index >= 15 is 0 Å². The fourth-order valence-electron chi connectivity index (χ4n) is 2.34. The van der Waals surface area contributed by atoms with E-state index in [1.807, 2.05) is 36.5 Å². The molecule has 3 aromatic rings. The van der Waals surface area contributed by atoms with E-state index in [1.54, 1.807) is 12.5 Å². The summed E-state index contributed by atoms with van der Waals surface area (Å²) < 4.78 is 7.58. The van der Waals surface area contributed by atoms with Crippen LogP contribution in [-0.4, -0.2) is 15.3 Å². The number of rotatable bonds is 1. The third-order valence-corrected chi connectivity index (χ3v) is 3.25. The minimum absolute atomic E-state index is 0.740. The van der Waals surface area contributed by atoms with Crippen molar-refractivity contribution in [1.82, 2.24) is 9.55 Å². The van der Waals surface area contributed by atoms with Crippen LogP contribution in [0, 0.1) is 0 Å². The number of aliphatic imine (C=N–C) groups is 1. The van der Waals surface area contributed by atoms with Crippen molar-refractivity contribution in [2.24, 2.45) is 4.99 Å². The van der Waals surface area contributed by atoms with E-state index in [1.165, 1.54) is 5.56 Å². The van der Waals surface area contributed by atoms with Crippen LogP contribution in [0.3, 0.4) is 0 Å². The molecule has 0 aliphatic carbocycles. The molecule has 3 heterocycles. The van der Waals surface area contributed by atoms with Gasteiger partial charge in [-0.05, 0) is 23.8 Å². The second-order valence-corrected chi connectivity index (χ2v) is 4.45. The predicted molar refractivity (Wildman–Crippen MR) is 71.8 cm³/mol. The zero-order chi connectivity index (χ0) is 12.7. The van der Waals surface area contributed by atoms with E-state index in [9.17, 15) is 0 Å². The van der Waals surface area contributed by atoms with Crippen molar-refractivity contribution in [2.45, 2.75) is 6.54 Å². The van der Waals surface area contributed by atoms with Gasteiger partial charge < -0.3 is 8.98 Å². The Morgan fingerprint density at radius 3 is 2.95 bits per heavy atom. The number of nitrogens with zero attached hydrogens (tertiary/aromatic N) is 3. The van der Waals surface area contributed by atoms with E-state index in [2.05, 4.69) is 15.6 Å². The van der Waals surface area contributed by atoms with Gasteiger partial charge in [-0.25, -0.2) is 9.98 Å². The molecule has 4 heteroatoms. The van der Waals surface area contributed by atoms with Crippen LogP contribution in [0.1, 0.15) is 17.1 Å². The van der Waals surface area contributed by atoms with Crippen molar-refractivity contribution in [3.8, 4) is 0 Å². The number of hydrogen-bond acceptors (Lipinski definition) is 3. The third kappa shape index (κ3) is 1.61. The Labute approximate surface area is 110 Å². The molecule has 4 nitrogen and oxygen atoms in total. The van der Waals surface area contributed by atoms with E-state index in [4.69, 9.17) is 9.41 Å². The molecule has 0 saturated carbocycles. The quantitative estimate of drug-likeness (QED) is 0.520. The molecule has 0 spiro atoms. The largest absolute Gasteiger partial charge is 0.463 e. The Kier molecular flexibility index (Phi) is 2.14. The number of para-hydroxylation sites is 1. The highest BCUT2D eigenvalue weighted by Gasteiger charge is 2.20. The fourth-order valence-corrected chi connectivity index (χ4v) is 2.34. The highest BCUT2D eigenvalue weighted by molar-refractivity contribution is 6.10. The molecule has 0 radical (unpaired) electrons. The molecule has 1 aliphatic heterocycles. The molecule has 1 aliphatic rings. The van der Waals surface area contributed by atoms with Gasteiger partial charge in [-0.3, -0.25) is 0 Å². The summed E-state index contributed by atoms with van der Waals surface area (Å²) in [5, 5.41) is 0. The summed E-state index contributed by atoms with van der Waals surface area (Å²) in [7, 11) is 0. The topological polar surface area (TPSA) is 43.3 Å². The maximum absolute atomic E-state index is 5.49. The Bertz CT molecular complexity index is 753. The van der Waals surface area contributed by atoms with Crippen molar-refractivity contribution in [2.75, 3.05) is 0 Å². The van der Waals surface area contributed by atoms with Gasteiger partial charge in [0.05, 0.1) is 18.5 Å². The summed E-state index contributed by atoms with van der Waals surface area (Å²) in [5.74, 6) is 1.58. The van der Waals surface area contributed by atoms with E-state index in [0.717, 1.165) is 29.5 Å². The minimum atomic E-state index is 0.740. The summed E-state index contributed by atoms with van der Waals surface area (Å²) in [6, 6.07) is 11.9. The van der Waals surface area contributed by atoms with Crippen LogP contribution >= 0.6 is 0 Å². The first-order chi connectivity index (χ1) is 9.42. The first-order valence-corrected chi connectivity index (χ1v) is 6.14. The van der Waals surface area contributed by atoms with E-state index in [-0.39, 0.29) is 0 Å². The predicted octanol–water partition coefficient (Wildman–Crippen LogP) is 3.01. The monoisotopic (exact) mass is 249 g/mol. The molecule has 0 saturated heterocycles. The van der Waals surface area contributed by atoms with Crippen LogP contribution in [0.2, 0.25) is 0 Å². The Balaban J connectivity index is 2.00. The summed E-state index contributed by atoms with van der Waals surface area (Å²) in [6.07, 6.45) is 5.42. The fraction of sp³-hybridized carbons (Fsp3) is 0.0667. The second kappa shape index (κ2) is 3.95. The molecule has 19 heavy (non-hydrogen) atoms. The lowest BCUT2D eigenvalue weighted by Crippen LogP contribution is -2.10. The average molecular weight is 249 g/mol. The van der Waals surface area contributed by atoms with Gasteiger partial charge in [0.1, 0.15) is 5.71 Å². The summed E-state index contributed by atoms with van der Waals surface area (Å²) in [5.41, 5.74) is 2.93. The van der Waals surface area contributed by atoms with Gasteiger partial charge in [-0.1, -0.05) is 18.2 Å². The summed E-state index contributed by atoms with van der Waals surface area (Å²) >= 11 is 0. The maximum atomic E-state index is 5.49. The SMILES string of the molecule is c1coc(C2=Nc3ccccc3Cn3ccnc32)c1. The summed E-state index contributed by atoms with van der Waals surface area (Å²) in [6.45, 7) is 0.777. The molecular weight excluding hydrogens is 238 g/mol.